The molecule has 0 spiro atoms. The Balaban J connectivity index is 2.03. The molecule has 1 aromatic carbocycles. The van der Waals surface area contributed by atoms with Crippen LogP contribution in [0.2, 0.25) is 0 Å². The van der Waals surface area contributed by atoms with E-state index in [2.05, 4.69) is 37.9 Å². The number of halogens is 1. The zero-order valence-electron chi connectivity index (χ0n) is 13.1. The minimum absolute atomic E-state index is 0.157. The van der Waals surface area contributed by atoms with Crippen LogP contribution < -0.4 is 5.32 Å². The van der Waals surface area contributed by atoms with Crippen molar-refractivity contribution in [1.82, 2.24) is 10.2 Å². The molecule has 1 heterocycles. The quantitative estimate of drug-likeness (QED) is 0.909. The lowest BCUT2D eigenvalue weighted by atomic mass is 9.91. The average molecular weight is 278 g/mol. The van der Waals surface area contributed by atoms with Crippen molar-refractivity contribution in [2.75, 3.05) is 13.1 Å². The van der Waals surface area contributed by atoms with Crippen LogP contribution in [0.1, 0.15) is 39.7 Å². The Labute approximate surface area is 122 Å². The highest BCUT2D eigenvalue weighted by atomic mass is 19.1. The smallest absolute Gasteiger partial charge is 0.123 e. The Hall–Kier alpha value is -0.930. The summed E-state index contributed by atoms with van der Waals surface area (Å²) >= 11 is 0. The normalized spacial score (nSPS) is 29.4. The minimum atomic E-state index is -0.157. The van der Waals surface area contributed by atoms with Crippen molar-refractivity contribution in [2.24, 2.45) is 0 Å². The van der Waals surface area contributed by atoms with E-state index >= 15 is 0 Å². The lowest BCUT2D eigenvalue weighted by Crippen LogP contribution is -2.63. The van der Waals surface area contributed by atoms with Gasteiger partial charge < -0.3 is 5.32 Å². The molecule has 112 valence electrons. The molecule has 1 fully saturated rings. The van der Waals surface area contributed by atoms with Crippen molar-refractivity contribution in [3.8, 4) is 0 Å². The molecule has 2 rings (SSSR count). The highest BCUT2D eigenvalue weighted by molar-refractivity contribution is 5.17. The summed E-state index contributed by atoms with van der Waals surface area (Å²) in [6.07, 6.45) is 2.11. The highest BCUT2D eigenvalue weighted by Crippen LogP contribution is 2.22. The summed E-state index contributed by atoms with van der Waals surface area (Å²) in [6, 6.07) is 7.93. The average Bonchev–Trinajstić information content (AvgIpc) is 2.44. The molecule has 0 aliphatic carbocycles. The number of hydrogen-bond donors (Lipinski definition) is 1. The Bertz CT molecular complexity index is 431. The van der Waals surface area contributed by atoms with E-state index in [0.717, 1.165) is 25.9 Å². The summed E-state index contributed by atoms with van der Waals surface area (Å²) in [4.78, 5) is 2.59. The van der Waals surface area contributed by atoms with Gasteiger partial charge >= 0.3 is 0 Å². The minimum Gasteiger partial charge on any atom is -0.309 e. The molecule has 1 aromatic rings. The first-order valence-corrected chi connectivity index (χ1v) is 7.69. The molecule has 3 unspecified atom stereocenters. The topological polar surface area (TPSA) is 15.3 Å². The summed E-state index contributed by atoms with van der Waals surface area (Å²) in [5.74, 6) is -0.157. The van der Waals surface area contributed by atoms with E-state index in [-0.39, 0.29) is 11.4 Å². The third-order valence-corrected chi connectivity index (χ3v) is 4.71. The lowest BCUT2D eigenvalue weighted by Gasteiger charge is -2.47. The van der Waals surface area contributed by atoms with Gasteiger partial charge in [0.2, 0.25) is 0 Å². The third kappa shape index (κ3) is 3.58. The second-order valence-corrected chi connectivity index (χ2v) is 6.50. The molecule has 1 saturated heterocycles. The van der Waals surface area contributed by atoms with Gasteiger partial charge in [-0.25, -0.2) is 4.39 Å². The molecular weight excluding hydrogens is 251 g/mol. The molecule has 0 radical (unpaired) electrons. The van der Waals surface area contributed by atoms with Crippen molar-refractivity contribution >= 4 is 0 Å². The fourth-order valence-electron chi connectivity index (χ4n) is 3.03. The first kappa shape index (κ1) is 15.5. The van der Waals surface area contributed by atoms with Crippen LogP contribution in [0.25, 0.3) is 0 Å². The van der Waals surface area contributed by atoms with Gasteiger partial charge in [-0.2, -0.15) is 0 Å². The van der Waals surface area contributed by atoms with Crippen LogP contribution in [0.5, 0.6) is 0 Å². The van der Waals surface area contributed by atoms with Gasteiger partial charge in [-0.05, 0) is 51.3 Å². The van der Waals surface area contributed by atoms with Crippen LogP contribution in [0.3, 0.4) is 0 Å². The molecule has 0 saturated carbocycles. The molecule has 3 heteroatoms. The van der Waals surface area contributed by atoms with Gasteiger partial charge in [0.1, 0.15) is 5.82 Å². The number of rotatable bonds is 4. The van der Waals surface area contributed by atoms with Gasteiger partial charge in [-0.3, -0.25) is 4.90 Å². The second kappa shape index (κ2) is 6.23. The second-order valence-electron chi connectivity index (χ2n) is 6.50. The highest BCUT2D eigenvalue weighted by Gasteiger charge is 2.34. The van der Waals surface area contributed by atoms with Crippen LogP contribution in [-0.4, -0.2) is 35.6 Å². The van der Waals surface area contributed by atoms with Crippen molar-refractivity contribution < 1.29 is 4.39 Å². The van der Waals surface area contributed by atoms with Crippen molar-refractivity contribution in [3.63, 3.8) is 0 Å². The van der Waals surface area contributed by atoms with Gasteiger partial charge in [0, 0.05) is 30.7 Å². The van der Waals surface area contributed by atoms with E-state index in [1.807, 2.05) is 12.1 Å². The summed E-state index contributed by atoms with van der Waals surface area (Å²) in [6.45, 7) is 11.2. The van der Waals surface area contributed by atoms with E-state index < -0.39 is 0 Å². The predicted octanol–water partition coefficient (Wildman–Crippen LogP) is 3.22. The number of benzene rings is 1. The predicted molar refractivity (Wildman–Crippen MR) is 82.4 cm³/mol. The zero-order chi connectivity index (χ0) is 14.8. The molecule has 2 nitrogen and oxygen atoms in total. The molecule has 1 N–H and O–H groups in total. The summed E-state index contributed by atoms with van der Waals surface area (Å²) in [5.41, 5.74) is 1.42. The Morgan fingerprint density at radius 2 is 2.05 bits per heavy atom. The van der Waals surface area contributed by atoms with E-state index in [1.54, 1.807) is 12.1 Å². The maximum Gasteiger partial charge on any atom is 0.123 e. The SMILES string of the molecule is CCC1(C)CN(C(C)Cc2ccc(F)cc2)C(C)CN1. The van der Waals surface area contributed by atoms with Crippen molar-refractivity contribution in [3.05, 3.63) is 35.6 Å². The monoisotopic (exact) mass is 278 g/mol. The maximum absolute atomic E-state index is 13.0. The summed E-state index contributed by atoms with van der Waals surface area (Å²) in [7, 11) is 0. The van der Waals surface area contributed by atoms with Crippen molar-refractivity contribution in [1.29, 1.82) is 0 Å². The van der Waals surface area contributed by atoms with Gasteiger partial charge in [-0.1, -0.05) is 19.1 Å². The van der Waals surface area contributed by atoms with Crippen LogP contribution in [0, 0.1) is 5.82 Å². The number of nitrogens with one attached hydrogen (secondary N) is 1. The number of nitrogens with zero attached hydrogens (tertiary/aromatic N) is 1. The number of piperazine rings is 1. The van der Waals surface area contributed by atoms with Gasteiger partial charge in [0.05, 0.1) is 0 Å². The summed E-state index contributed by atoms with van der Waals surface area (Å²) < 4.78 is 13.0. The zero-order valence-corrected chi connectivity index (χ0v) is 13.1. The van der Waals surface area contributed by atoms with Crippen LogP contribution in [0.15, 0.2) is 24.3 Å². The first-order chi connectivity index (χ1) is 9.43. The summed E-state index contributed by atoms with van der Waals surface area (Å²) in [5, 5.41) is 3.66. The van der Waals surface area contributed by atoms with Gasteiger partial charge in [-0.15, -0.1) is 0 Å². The van der Waals surface area contributed by atoms with Crippen molar-refractivity contribution in [2.45, 2.75) is 58.2 Å². The molecule has 1 aliphatic rings. The van der Waals surface area contributed by atoms with Crippen LogP contribution >= 0.6 is 0 Å². The molecule has 0 aromatic heterocycles. The Morgan fingerprint density at radius 3 is 2.65 bits per heavy atom. The Kier molecular flexibility index (Phi) is 4.82. The first-order valence-electron chi connectivity index (χ1n) is 7.69. The van der Waals surface area contributed by atoms with E-state index in [4.69, 9.17) is 0 Å². The van der Waals surface area contributed by atoms with E-state index in [1.165, 1.54) is 5.56 Å². The van der Waals surface area contributed by atoms with Crippen LogP contribution in [-0.2, 0) is 6.42 Å². The molecular formula is C17H27FN2. The Morgan fingerprint density at radius 1 is 1.40 bits per heavy atom. The molecule has 20 heavy (non-hydrogen) atoms. The fraction of sp³-hybridized carbons (Fsp3) is 0.647. The van der Waals surface area contributed by atoms with E-state index in [0.29, 0.717) is 12.1 Å². The molecule has 1 aliphatic heterocycles. The van der Waals surface area contributed by atoms with Gasteiger partial charge in [0.25, 0.3) is 0 Å². The van der Waals surface area contributed by atoms with E-state index in [9.17, 15) is 4.39 Å². The molecule has 0 amide bonds. The fourth-order valence-corrected chi connectivity index (χ4v) is 3.03. The molecule has 0 bridgehead atoms. The maximum atomic E-state index is 13.0. The molecule has 3 atom stereocenters. The number of hydrogen-bond acceptors (Lipinski definition) is 2. The third-order valence-electron chi connectivity index (χ3n) is 4.71. The lowest BCUT2D eigenvalue weighted by molar-refractivity contribution is 0.0601. The standard InChI is InChI=1S/C17H27FN2/c1-5-17(4)12-20(14(3)11-19-17)13(2)10-15-6-8-16(18)9-7-15/h6-9,13-14,19H,5,10-12H2,1-4H3. The largest absolute Gasteiger partial charge is 0.309 e. The van der Waals surface area contributed by atoms with Gasteiger partial charge in [0.15, 0.2) is 0 Å². The van der Waals surface area contributed by atoms with Crippen LogP contribution in [0.4, 0.5) is 4.39 Å².